The number of nitrogens with zero attached hydrogens (tertiary/aromatic N) is 2. The molecule has 4 nitrogen and oxygen atoms in total. The molecule has 2 N–H and O–H groups in total. The molecule has 1 aromatic carbocycles. The van der Waals surface area contributed by atoms with Gasteiger partial charge in [0.25, 0.3) is 0 Å². The molecule has 1 aliphatic rings. The minimum absolute atomic E-state index is 0. The number of rotatable bonds is 5. The van der Waals surface area contributed by atoms with Crippen molar-refractivity contribution in [3.63, 3.8) is 0 Å². The van der Waals surface area contributed by atoms with E-state index in [2.05, 4.69) is 72.5 Å². The third-order valence-corrected chi connectivity index (χ3v) is 3.89. The number of guanidine groups is 1. The minimum Gasteiger partial charge on any atom is -0.369 e. The first kappa shape index (κ1) is 20.1. The lowest BCUT2D eigenvalue weighted by atomic mass is 10.2. The van der Waals surface area contributed by atoms with Gasteiger partial charge in [-0.2, -0.15) is 0 Å². The molecule has 1 aromatic rings. The lowest BCUT2D eigenvalue weighted by molar-refractivity contribution is 0.628. The topological polar surface area (TPSA) is 39.7 Å². The van der Waals surface area contributed by atoms with E-state index in [0.29, 0.717) is 12.0 Å². The molecule has 1 saturated heterocycles. The lowest BCUT2D eigenvalue weighted by Gasteiger charge is -2.20. The van der Waals surface area contributed by atoms with Crippen molar-refractivity contribution in [1.82, 2.24) is 10.6 Å². The molecule has 1 heterocycles. The Bertz CT molecular complexity index is 484. The zero-order chi connectivity index (χ0) is 15.9. The first-order valence-corrected chi connectivity index (χ1v) is 8.45. The number of hydrogen-bond acceptors (Lipinski definition) is 2. The van der Waals surface area contributed by atoms with E-state index in [1.165, 1.54) is 11.3 Å². The van der Waals surface area contributed by atoms with Crippen LogP contribution in [0.15, 0.2) is 29.3 Å². The molecule has 0 radical (unpaired) electrons. The van der Waals surface area contributed by atoms with Gasteiger partial charge in [0.15, 0.2) is 5.96 Å². The Hall–Kier alpha value is -0.980. The van der Waals surface area contributed by atoms with Gasteiger partial charge >= 0.3 is 0 Å². The predicted molar refractivity (Wildman–Crippen MR) is 111 cm³/mol. The molecule has 1 fully saturated rings. The molecule has 0 spiro atoms. The summed E-state index contributed by atoms with van der Waals surface area (Å²) in [6, 6.07) is 9.27. The second-order valence-electron chi connectivity index (χ2n) is 6.52. The molecule has 130 valence electrons. The molecule has 0 amide bonds. The van der Waals surface area contributed by atoms with E-state index in [4.69, 9.17) is 0 Å². The summed E-state index contributed by atoms with van der Waals surface area (Å²) in [5.74, 6) is 1.54. The van der Waals surface area contributed by atoms with Crippen molar-refractivity contribution in [1.29, 1.82) is 0 Å². The van der Waals surface area contributed by atoms with E-state index in [1.807, 2.05) is 0 Å². The molecule has 2 rings (SSSR count). The standard InChI is InChI=1S/C18H30N4.HI/c1-5-19-18(20-12-14(2)3)21-16-10-11-22(13-16)17-8-6-15(4)7-9-17;/h6-9,14,16H,5,10-13H2,1-4H3,(H2,19,20,21);1H. The minimum atomic E-state index is 0. The van der Waals surface area contributed by atoms with Crippen LogP contribution in [0.1, 0.15) is 32.8 Å². The van der Waals surface area contributed by atoms with E-state index >= 15 is 0 Å². The first-order chi connectivity index (χ1) is 10.6. The van der Waals surface area contributed by atoms with Gasteiger partial charge in [-0.05, 0) is 38.3 Å². The number of aliphatic imine (C=N–C) groups is 1. The van der Waals surface area contributed by atoms with Gasteiger partial charge in [-0.3, -0.25) is 4.99 Å². The van der Waals surface area contributed by atoms with Crippen LogP contribution in [0, 0.1) is 12.8 Å². The summed E-state index contributed by atoms with van der Waals surface area (Å²) in [6.07, 6.45) is 1.15. The third kappa shape index (κ3) is 6.57. The highest BCUT2D eigenvalue weighted by atomic mass is 127. The van der Waals surface area contributed by atoms with Crippen molar-refractivity contribution in [3.05, 3.63) is 29.8 Å². The van der Waals surface area contributed by atoms with Crippen molar-refractivity contribution in [3.8, 4) is 0 Å². The quantitative estimate of drug-likeness (QED) is 0.428. The maximum atomic E-state index is 4.66. The van der Waals surface area contributed by atoms with E-state index in [-0.39, 0.29) is 24.0 Å². The molecule has 0 bridgehead atoms. The van der Waals surface area contributed by atoms with Gasteiger partial charge in [-0.15, -0.1) is 24.0 Å². The fourth-order valence-corrected chi connectivity index (χ4v) is 2.66. The summed E-state index contributed by atoms with van der Waals surface area (Å²) in [6.45, 7) is 12.5. The van der Waals surface area contributed by atoms with Crippen molar-refractivity contribution < 1.29 is 0 Å². The van der Waals surface area contributed by atoms with Crippen molar-refractivity contribution >= 4 is 35.6 Å². The number of halogens is 1. The Morgan fingerprint density at radius 2 is 2.00 bits per heavy atom. The SMILES string of the molecule is CCNC(=NCC(C)C)NC1CCN(c2ccc(C)cc2)C1.I. The summed E-state index contributed by atoms with van der Waals surface area (Å²) < 4.78 is 0. The van der Waals surface area contributed by atoms with Gasteiger partial charge in [0.2, 0.25) is 0 Å². The number of nitrogens with one attached hydrogen (secondary N) is 2. The van der Waals surface area contributed by atoms with Crippen LogP contribution in [0.5, 0.6) is 0 Å². The van der Waals surface area contributed by atoms with Gasteiger partial charge in [0.1, 0.15) is 0 Å². The van der Waals surface area contributed by atoms with Gasteiger partial charge < -0.3 is 15.5 Å². The van der Waals surface area contributed by atoms with Crippen LogP contribution in [0.4, 0.5) is 5.69 Å². The van der Waals surface area contributed by atoms with E-state index < -0.39 is 0 Å². The molecular weight excluding hydrogens is 399 g/mol. The Kier molecular flexibility index (Phi) is 8.73. The number of benzene rings is 1. The summed E-state index contributed by atoms with van der Waals surface area (Å²) in [4.78, 5) is 7.11. The molecule has 0 aliphatic carbocycles. The van der Waals surface area contributed by atoms with Gasteiger partial charge in [0.05, 0.1) is 0 Å². The molecule has 0 aromatic heterocycles. The Morgan fingerprint density at radius 1 is 1.30 bits per heavy atom. The summed E-state index contributed by atoms with van der Waals surface area (Å²) in [7, 11) is 0. The van der Waals surface area contributed by atoms with Crippen LogP contribution in [0.2, 0.25) is 0 Å². The number of aryl methyl sites for hydroxylation is 1. The van der Waals surface area contributed by atoms with Crippen LogP contribution in [-0.4, -0.2) is 38.2 Å². The van der Waals surface area contributed by atoms with Crippen LogP contribution in [-0.2, 0) is 0 Å². The van der Waals surface area contributed by atoms with Crippen molar-refractivity contribution in [2.45, 2.75) is 40.2 Å². The summed E-state index contributed by atoms with van der Waals surface area (Å²) in [5, 5.41) is 6.93. The molecule has 23 heavy (non-hydrogen) atoms. The second-order valence-corrected chi connectivity index (χ2v) is 6.52. The van der Waals surface area contributed by atoms with E-state index in [9.17, 15) is 0 Å². The smallest absolute Gasteiger partial charge is 0.191 e. The van der Waals surface area contributed by atoms with Gasteiger partial charge in [-0.25, -0.2) is 0 Å². The summed E-state index contributed by atoms with van der Waals surface area (Å²) in [5.41, 5.74) is 2.63. The van der Waals surface area contributed by atoms with Crippen LogP contribution < -0.4 is 15.5 Å². The van der Waals surface area contributed by atoms with Crippen LogP contribution in [0.3, 0.4) is 0 Å². The monoisotopic (exact) mass is 430 g/mol. The average Bonchev–Trinajstić information content (AvgIpc) is 2.94. The molecule has 1 aliphatic heterocycles. The van der Waals surface area contributed by atoms with Gasteiger partial charge in [-0.1, -0.05) is 31.5 Å². The third-order valence-electron chi connectivity index (χ3n) is 3.89. The van der Waals surface area contributed by atoms with E-state index in [1.54, 1.807) is 0 Å². The highest BCUT2D eigenvalue weighted by Gasteiger charge is 2.23. The highest BCUT2D eigenvalue weighted by Crippen LogP contribution is 2.20. The molecule has 0 saturated carbocycles. The van der Waals surface area contributed by atoms with Crippen molar-refractivity contribution in [2.75, 3.05) is 31.1 Å². The highest BCUT2D eigenvalue weighted by molar-refractivity contribution is 14.0. The van der Waals surface area contributed by atoms with E-state index in [0.717, 1.165) is 38.6 Å². The maximum absolute atomic E-state index is 4.66. The fraction of sp³-hybridized carbons (Fsp3) is 0.611. The van der Waals surface area contributed by atoms with Gasteiger partial charge in [0, 0.05) is 37.9 Å². The Balaban J connectivity index is 0.00000264. The number of anilines is 1. The Morgan fingerprint density at radius 3 is 2.61 bits per heavy atom. The largest absolute Gasteiger partial charge is 0.369 e. The number of hydrogen-bond donors (Lipinski definition) is 2. The predicted octanol–water partition coefficient (Wildman–Crippen LogP) is 3.40. The van der Waals surface area contributed by atoms with Crippen LogP contribution in [0.25, 0.3) is 0 Å². The molecular formula is C18H31IN4. The zero-order valence-electron chi connectivity index (χ0n) is 14.8. The van der Waals surface area contributed by atoms with Crippen LogP contribution >= 0.6 is 24.0 Å². The molecule has 1 unspecified atom stereocenters. The van der Waals surface area contributed by atoms with Crippen molar-refractivity contribution in [2.24, 2.45) is 10.9 Å². The zero-order valence-corrected chi connectivity index (χ0v) is 17.1. The normalized spacial score (nSPS) is 18.0. The maximum Gasteiger partial charge on any atom is 0.191 e. The lowest BCUT2D eigenvalue weighted by Crippen LogP contribution is -2.44. The average molecular weight is 430 g/mol. The second kappa shape index (κ2) is 10.0. The summed E-state index contributed by atoms with van der Waals surface area (Å²) >= 11 is 0. The first-order valence-electron chi connectivity index (χ1n) is 8.45. The Labute approximate surface area is 158 Å². The molecule has 1 atom stereocenters. The molecule has 5 heteroatoms. The fourth-order valence-electron chi connectivity index (χ4n) is 2.66.